The minimum Gasteiger partial charge on any atom is -0.390 e. The molecule has 1 aromatic heterocycles. The smallest absolute Gasteiger partial charge is 0.390 e. The Morgan fingerprint density at radius 3 is 2.48 bits per heavy atom. The normalized spacial score (nSPS) is 22.2. The minimum atomic E-state index is -0.167. The third-order valence-corrected chi connectivity index (χ3v) is 7.76. The van der Waals surface area contributed by atoms with Crippen LogP contribution in [0.4, 0.5) is 4.79 Å². The molecule has 2 aliphatic carbocycles. The summed E-state index contributed by atoms with van der Waals surface area (Å²) in [6.07, 6.45) is 11.7. The number of amides is 1. The lowest BCUT2D eigenvalue weighted by Gasteiger charge is -2.33. The van der Waals surface area contributed by atoms with Crippen molar-refractivity contribution in [2.24, 2.45) is 5.92 Å². The van der Waals surface area contributed by atoms with Gasteiger partial charge in [-0.3, -0.25) is 0 Å². The molecular weight excluding hydrogens is 382 g/mol. The van der Waals surface area contributed by atoms with Crippen molar-refractivity contribution in [2.75, 3.05) is 19.6 Å². The lowest BCUT2D eigenvalue weighted by atomic mass is 9.94. The van der Waals surface area contributed by atoms with Gasteiger partial charge in [0, 0.05) is 18.0 Å². The molecule has 1 amide bonds. The molecule has 29 heavy (non-hydrogen) atoms. The molecule has 0 unspecified atom stereocenters. The van der Waals surface area contributed by atoms with E-state index >= 15 is 0 Å². The van der Waals surface area contributed by atoms with E-state index in [1.165, 1.54) is 32.2 Å². The van der Waals surface area contributed by atoms with Crippen molar-refractivity contribution in [1.82, 2.24) is 14.8 Å². The van der Waals surface area contributed by atoms with Gasteiger partial charge >= 0.3 is 6.09 Å². The zero-order valence-corrected chi connectivity index (χ0v) is 19.0. The molecule has 2 heterocycles. The zero-order valence-electron chi connectivity index (χ0n) is 18.1. The molecule has 162 valence electrons. The summed E-state index contributed by atoms with van der Waals surface area (Å²) in [4.78, 5) is 22.3. The molecule has 6 heteroatoms. The molecule has 0 N–H and O–H groups in total. The Balaban J connectivity index is 1.29. The SMILES string of the molecule is CC(C)CCN1CCC(c2nc(OC(=O)N(C3CCCCC3)C3CC3)cs2)CC1. The van der Waals surface area contributed by atoms with Gasteiger partial charge in [0.15, 0.2) is 0 Å². The summed E-state index contributed by atoms with van der Waals surface area (Å²) in [6.45, 7) is 8.11. The fourth-order valence-corrected chi connectivity index (χ4v) is 5.69. The maximum atomic E-state index is 12.9. The van der Waals surface area contributed by atoms with Crippen LogP contribution in [0, 0.1) is 5.92 Å². The van der Waals surface area contributed by atoms with Crippen molar-refractivity contribution >= 4 is 17.4 Å². The van der Waals surface area contributed by atoms with E-state index in [1.54, 1.807) is 11.3 Å². The summed E-state index contributed by atoms with van der Waals surface area (Å²) in [7, 11) is 0. The molecule has 5 nitrogen and oxygen atoms in total. The van der Waals surface area contributed by atoms with E-state index in [0.717, 1.165) is 62.5 Å². The zero-order chi connectivity index (χ0) is 20.2. The van der Waals surface area contributed by atoms with Crippen LogP contribution in [0.1, 0.15) is 89.0 Å². The molecule has 4 rings (SSSR count). The fraction of sp³-hybridized carbons (Fsp3) is 0.826. The van der Waals surface area contributed by atoms with E-state index in [4.69, 9.17) is 9.72 Å². The first-order chi connectivity index (χ1) is 14.1. The first-order valence-electron chi connectivity index (χ1n) is 11.8. The molecule has 1 aromatic rings. The number of thiazole rings is 1. The van der Waals surface area contributed by atoms with Crippen molar-refractivity contribution in [3.05, 3.63) is 10.4 Å². The Hall–Kier alpha value is -1.14. The van der Waals surface area contributed by atoms with E-state index in [1.807, 2.05) is 10.3 Å². The Labute approximate surface area is 179 Å². The lowest BCUT2D eigenvalue weighted by Crippen LogP contribution is -2.44. The Kier molecular flexibility index (Phi) is 7.12. The van der Waals surface area contributed by atoms with Gasteiger partial charge in [-0.1, -0.05) is 33.1 Å². The Morgan fingerprint density at radius 1 is 1.14 bits per heavy atom. The molecular formula is C23H37N3O2S. The highest BCUT2D eigenvalue weighted by molar-refractivity contribution is 7.09. The number of aromatic nitrogens is 1. The van der Waals surface area contributed by atoms with Crippen LogP contribution in [-0.4, -0.2) is 52.6 Å². The molecule has 0 bridgehead atoms. The number of carbonyl (C=O) groups excluding carboxylic acids is 1. The van der Waals surface area contributed by atoms with Gasteiger partial charge in [0.25, 0.3) is 0 Å². The summed E-state index contributed by atoms with van der Waals surface area (Å²) in [5.74, 6) is 1.80. The van der Waals surface area contributed by atoms with E-state index in [0.29, 0.717) is 23.9 Å². The van der Waals surface area contributed by atoms with E-state index in [9.17, 15) is 4.79 Å². The average molecular weight is 420 g/mol. The highest BCUT2D eigenvalue weighted by Crippen LogP contribution is 2.36. The van der Waals surface area contributed by atoms with E-state index < -0.39 is 0 Å². The molecule has 2 saturated carbocycles. The van der Waals surface area contributed by atoms with Crippen molar-refractivity contribution in [3.63, 3.8) is 0 Å². The summed E-state index contributed by atoms with van der Waals surface area (Å²) in [6, 6.07) is 0.774. The second-order valence-electron chi connectivity index (χ2n) is 9.62. The molecule has 1 saturated heterocycles. The van der Waals surface area contributed by atoms with Crippen LogP contribution in [0.2, 0.25) is 0 Å². The predicted octanol–water partition coefficient (Wildman–Crippen LogP) is 5.66. The van der Waals surface area contributed by atoms with Crippen molar-refractivity contribution in [2.45, 2.75) is 96.1 Å². The maximum absolute atomic E-state index is 12.9. The molecule has 0 atom stereocenters. The molecule has 0 radical (unpaired) electrons. The monoisotopic (exact) mass is 419 g/mol. The van der Waals surface area contributed by atoms with Gasteiger partial charge in [0.2, 0.25) is 5.88 Å². The topological polar surface area (TPSA) is 45.7 Å². The first-order valence-corrected chi connectivity index (χ1v) is 12.7. The average Bonchev–Trinajstić information content (AvgIpc) is 3.45. The maximum Gasteiger partial charge on any atom is 0.417 e. The summed E-state index contributed by atoms with van der Waals surface area (Å²) in [5.41, 5.74) is 0. The van der Waals surface area contributed by atoms with Gasteiger partial charge in [0.05, 0.1) is 10.4 Å². The van der Waals surface area contributed by atoms with Crippen molar-refractivity contribution < 1.29 is 9.53 Å². The standard InChI is InChI=1S/C23H37N3O2S/c1-17(2)10-13-25-14-11-18(12-15-25)22-24-21(16-29-22)28-23(27)26(20-8-9-20)19-6-4-3-5-7-19/h16-20H,3-15H2,1-2H3. The largest absolute Gasteiger partial charge is 0.417 e. The second-order valence-corrected chi connectivity index (χ2v) is 10.5. The van der Waals surface area contributed by atoms with Crippen LogP contribution in [0.5, 0.6) is 5.88 Å². The van der Waals surface area contributed by atoms with Crippen LogP contribution in [0.3, 0.4) is 0 Å². The second kappa shape index (κ2) is 9.78. The predicted molar refractivity (Wildman–Crippen MR) is 118 cm³/mol. The number of rotatable bonds is 7. The van der Waals surface area contributed by atoms with Crippen molar-refractivity contribution in [1.29, 1.82) is 0 Å². The third-order valence-electron chi connectivity index (χ3n) is 6.77. The van der Waals surface area contributed by atoms with Gasteiger partial charge in [-0.05, 0) is 70.5 Å². The van der Waals surface area contributed by atoms with Crippen molar-refractivity contribution in [3.8, 4) is 5.88 Å². The summed E-state index contributed by atoms with van der Waals surface area (Å²) >= 11 is 1.66. The summed E-state index contributed by atoms with van der Waals surface area (Å²) in [5, 5.41) is 3.08. The number of likely N-dealkylation sites (tertiary alicyclic amines) is 1. The van der Waals surface area contributed by atoms with Gasteiger partial charge < -0.3 is 14.5 Å². The molecule has 0 spiro atoms. The Morgan fingerprint density at radius 2 is 1.83 bits per heavy atom. The molecule has 0 aromatic carbocycles. The van der Waals surface area contributed by atoms with Crippen LogP contribution >= 0.6 is 11.3 Å². The number of nitrogens with zero attached hydrogens (tertiary/aromatic N) is 3. The number of hydrogen-bond acceptors (Lipinski definition) is 5. The van der Waals surface area contributed by atoms with Gasteiger partial charge in [-0.2, -0.15) is 0 Å². The summed E-state index contributed by atoms with van der Waals surface area (Å²) < 4.78 is 5.76. The molecule has 3 aliphatic rings. The van der Waals surface area contributed by atoms with E-state index in [2.05, 4.69) is 18.7 Å². The lowest BCUT2D eigenvalue weighted by molar-refractivity contribution is 0.111. The fourth-order valence-electron chi connectivity index (χ4n) is 4.80. The number of carbonyl (C=O) groups is 1. The van der Waals surface area contributed by atoms with Crippen LogP contribution in [0.25, 0.3) is 0 Å². The van der Waals surface area contributed by atoms with Gasteiger partial charge in [-0.25, -0.2) is 9.78 Å². The van der Waals surface area contributed by atoms with Crippen LogP contribution in [0.15, 0.2) is 5.38 Å². The highest BCUT2D eigenvalue weighted by Gasteiger charge is 2.39. The Bertz CT molecular complexity index is 659. The highest BCUT2D eigenvalue weighted by atomic mass is 32.1. The number of hydrogen-bond donors (Lipinski definition) is 0. The van der Waals surface area contributed by atoms with Gasteiger partial charge in [0.1, 0.15) is 0 Å². The van der Waals surface area contributed by atoms with E-state index in [-0.39, 0.29) is 6.09 Å². The number of piperidine rings is 1. The van der Waals surface area contributed by atoms with Crippen LogP contribution in [-0.2, 0) is 0 Å². The minimum absolute atomic E-state index is 0.167. The quantitative estimate of drug-likeness (QED) is 0.572. The third kappa shape index (κ3) is 5.72. The van der Waals surface area contributed by atoms with Gasteiger partial charge in [-0.15, -0.1) is 11.3 Å². The molecule has 3 fully saturated rings. The first kappa shape index (κ1) is 21.1. The molecule has 1 aliphatic heterocycles. The number of ether oxygens (including phenoxy) is 1. The van der Waals surface area contributed by atoms with Crippen LogP contribution < -0.4 is 4.74 Å².